The Balaban J connectivity index is 2.34. The van der Waals surface area contributed by atoms with Gasteiger partial charge < -0.3 is 5.32 Å². The van der Waals surface area contributed by atoms with E-state index < -0.39 is 0 Å². The average molecular weight is 192 g/mol. The summed E-state index contributed by atoms with van der Waals surface area (Å²) in [7, 11) is 4.10. The lowest BCUT2D eigenvalue weighted by Gasteiger charge is -2.15. The van der Waals surface area contributed by atoms with Crippen molar-refractivity contribution in [1.82, 2.24) is 10.2 Å². The molecule has 2 nitrogen and oxygen atoms in total. The summed E-state index contributed by atoms with van der Waals surface area (Å²) in [6.07, 6.45) is 1.12. The molecule has 0 aliphatic heterocycles. The quantitative estimate of drug-likeness (QED) is 0.714. The van der Waals surface area contributed by atoms with Crippen LogP contribution in [-0.2, 0) is 6.42 Å². The molecule has 2 heteroatoms. The van der Waals surface area contributed by atoms with E-state index in [1.54, 1.807) is 0 Å². The molecule has 14 heavy (non-hydrogen) atoms. The van der Waals surface area contributed by atoms with Crippen molar-refractivity contribution < 1.29 is 0 Å². The molecule has 0 atom stereocenters. The zero-order valence-corrected chi connectivity index (χ0v) is 9.38. The van der Waals surface area contributed by atoms with Crippen LogP contribution in [0.1, 0.15) is 11.1 Å². The van der Waals surface area contributed by atoms with Gasteiger partial charge in [0.15, 0.2) is 0 Å². The average Bonchev–Trinajstić information content (AvgIpc) is 2.17. The van der Waals surface area contributed by atoms with E-state index in [1.807, 2.05) is 7.05 Å². The Bertz CT molecular complexity index is 254. The summed E-state index contributed by atoms with van der Waals surface area (Å²) in [6.45, 7) is 4.17. The fourth-order valence-electron chi connectivity index (χ4n) is 1.42. The molecule has 0 unspecified atom stereocenters. The Labute approximate surface area is 86.9 Å². The fraction of sp³-hybridized carbons (Fsp3) is 0.500. The van der Waals surface area contributed by atoms with Gasteiger partial charge in [0.1, 0.15) is 0 Å². The molecule has 0 saturated heterocycles. The van der Waals surface area contributed by atoms with Gasteiger partial charge in [0, 0.05) is 13.2 Å². The lowest BCUT2D eigenvalue weighted by atomic mass is 10.1. The molecule has 1 rings (SSSR count). The summed E-state index contributed by atoms with van der Waals surface area (Å²) in [4.78, 5) is 2.28. The minimum Gasteiger partial charge on any atom is -0.307 e. The van der Waals surface area contributed by atoms with Gasteiger partial charge in [-0.15, -0.1) is 0 Å². The van der Waals surface area contributed by atoms with E-state index >= 15 is 0 Å². The highest BCUT2D eigenvalue weighted by Crippen LogP contribution is 2.03. The molecule has 0 aliphatic rings. The summed E-state index contributed by atoms with van der Waals surface area (Å²) >= 11 is 0. The van der Waals surface area contributed by atoms with Crippen LogP contribution in [0.15, 0.2) is 24.3 Å². The minimum absolute atomic E-state index is 0.950. The number of aryl methyl sites for hydroxylation is 1. The van der Waals surface area contributed by atoms with E-state index in [1.165, 1.54) is 11.1 Å². The molecule has 0 aromatic heterocycles. The lowest BCUT2D eigenvalue weighted by molar-refractivity contribution is 0.321. The van der Waals surface area contributed by atoms with Crippen molar-refractivity contribution >= 4 is 0 Å². The molecule has 0 spiro atoms. The molecule has 1 aromatic rings. The first-order chi connectivity index (χ1) is 6.72. The topological polar surface area (TPSA) is 15.3 Å². The fourth-order valence-corrected chi connectivity index (χ4v) is 1.42. The van der Waals surface area contributed by atoms with Crippen LogP contribution in [0.5, 0.6) is 0 Å². The summed E-state index contributed by atoms with van der Waals surface area (Å²) in [5.74, 6) is 0. The molecule has 0 saturated carbocycles. The van der Waals surface area contributed by atoms with E-state index in [0.717, 1.165) is 19.6 Å². The maximum Gasteiger partial charge on any atom is 0.0475 e. The van der Waals surface area contributed by atoms with Crippen LogP contribution < -0.4 is 5.32 Å². The molecule has 0 amide bonds. The third-order valence-corrected chi connectivity index (χ3v) is 2.33. The third-order valence-electron chi connectivity index (χ3n) is 2.33. The van der Waals surface area contributed by atoms with Crippen molar-refractivity contribution in [1.29, 1.82) is 0 Å². The van der Waals surface area contributed by atoms with Crippen molar-refractivity contribution in [2.75, 3.05) is 27.3 Å². The standard InChI is InChI=1S/C12H20N2/c1-11-4-6-12(7-5-11)8-9-14(3)10-13-2/h4-7,13H,8-10H2,1-3H3. The number of nitrogens with zero attached hydrogens (tertiary/aromatic N) is 1. The molecule has 0 aliphatic carbocycles. The molecule has 1 N–H and O–H groups in total. The van der Waals surface area contributed by atoms with Gasteiger partial charge in [-0.25, -0.2) is 0 Å². The second-order valence-corrected chi connectivity index (χ2v) is 3.83. The molecule has 78 valence electrons. The number of likely N-dealkylation sites (N-methyl/N-ethyl adjacent to an activating group) is 1. The molecule has 1 aromatic carbocycles. The highest BCUT2D eigenvalue weighted by atomic mass is 15.2. The zero-order chi connectivity index (χ0) is 10.4. The van der Waals surface area contributed by atoms with Crippen LogP contribution in [0, 0.1) is 6.92 Å². The van der Waals surface area contributed by atoms with Crippen LogP contribution in [0.2, 0.25) is 0 Å². The number of rotatable bonds is 5. The SMILES string of the molecule is CNCN(C)CCc1ccc(C)cc1. The summed E-state index contributed by atoms with van der Waals surface area (Å²) in [6, 6.07) is 8.77. The van der Waals surface area contributed by atoms with Gasteiger partial charge in [-0.05, 0) is 33.0 Å². The maximum atomic E-state index is 3.14. The Morgan fingerprint density at radius 2 is 1.86 bits per heavy atom. The summed E-state index contributed by atoms with van der Waals surface area (Å²) in [5, 5.41) is 3.14. The Hall–Kier alpha value is -0.860. The van der Waals surface area contributed by atoms with E-state index in [-0.39, 0.29) is 0 Å². The van der Waals surface area contributed by atoms with Crippen LogP contribution in [0.4, 0.5) is 0 Å². The molecule has 0 radical (unpaired) electrons. The first-order valence-electron chi connectivity index (χ1n) is 5.11. The lowest BCUT2D eigenvalue weighted by Crippen LogP contribution is -2.30. The maximum absolute atomic E-state index is 3.14. The summed E-state index contributed by atoms with van der Waals surface area (Å²) < 4.78 is 0. The van der Waals surface area contributed by atoms with Gasteiger partial charge in [0.2, 0.25) is 0 Å². The monoisotopic (exact) mass is 192 g/mol. The van der Waals surface area contributed by atoms with Crippen molar-refractivity contribution in [3.8, 4) is 0 Å². The second kappa shape index (κ2) is 5.78. The van der Waals surface area contributed by atoms with Crippen molar-refractivity contribution in [2.24, 2.45) is 0 Å². The largest absolute Gasteiger partial charge is 0.307 e. The molecule has 0 bridgehead atoms. The number of nitrogens with one attached hydrogen (secondary N) is 1. The smallest absolute Gasteiger partial charge is 0.0475 e. The second-order valence-electron chi connectivity index (χ2n) is 3.83. The normalized spacial score (nSPS) is 10.9. The van der Waals surface area contributed by atoms with Crippen LogP contribution in [-0.4, -0.2) is 32.2 Å². The Kier molecular flexibility index (Phi) is 4.63. The molecular formula is C12H20N2. The van der Waals surface area contributed by atoms with Gasteiger partial charge in [0.25, 0.3) is 0 Å². The predicted molar refractivity (Wildman–Crippen MR) is 61.4 cm³/mol. The molecule has 0 fully saturated rings. The number of hydrogen-bond acceptors (Lipinski definition) is 2. The highest BCUT2D eigenvalue weighted by molar-refractivity contribution is 5.21. The van der Waals surface area contributed by atoms with Gasteiger partial charge in [-0.1, -0.05) is 29.8 Å². The van der Waals surface area contributed by atoms with Gasteiger partial charge in [0.05, 0.1) is 0 Å². The Morgan fingerprint density at radius 3 is 2.43 bits per heavy atom. The van der Waals surface area contributed by atoms with Crippen LogP contribution in [0.25, 0.3) is 0 Å². The highest BCUT2D eigenvalue weighted by Gasteiger charge is 1.97. The Morgan fingerprint density at radius 1 is 1.21 bits per heavy atom. The van der Waals surface area contributed by atoms with E-state index in [2.05, 4.69) is 48.5 Å². The van der Waals surface area contributed by atoms with Crippen LogP contribution >= 0.6 is 0 Å². The van der Waals surface area contributed by atoms with E-state index in [0.29, 0.717) is 0 Å². The molecular weight excluding hydrogens is 172 g/mol. The van der Waals surface area contributed by atoms with Crippen molar-refractivity contribution in [3.05, 3.63) is 35.4 Å². The predicted octanol–water partition coefficient (Wildman–Crippen LogP) is 1.65. The minimum atomic E-state index is 0.950. The first-order valence-corrected chi connectivity index (χ1v) is 5.11. The van der Waals surface area contributed by atoms with Gasteiger partial charge in [-0.3, -0.25) is 4.90 Å². The number of benzene rings is 1. The van der Waals surface area contributed by atoms with Crippen molar-refractivity contribution in [3.63, 3.8) is 0 Å². The number of hydrogen-bond donors (Lipinski definition) is 1. The third kappa shape index (κ3) is 3.90. The van der Waals surface area contributed by atoms with E-state index in [9.17, 15) is 0 Å². The summed E-state index contributed by atoms with van der Waals surface area (Å²) in [5.41, 5.74) is 2.75. The van der Waals surface area contributed by atoms with Gasteiger partial charge in [-0.2, -0.15) is 0 Å². The zero-order valence-electron chi connectivity index (χ0n) is 9.38. The molecule has 0 heterocycles. The van der Waals surface area contributed by atoms with E-state index in [4.69, 9.17) is 0 Å². The van der Waals surface area contributed by atoms with Crippen LogP contribution in [0.3, 0.4) is 0 Å². The first kappa shape index (κ1) is 11.2. The van der Waals surface area contributed by atoms with Gasteiger partial charge >= 0.3 is 0 Å². The van der Waals surface area contributed by atoms with Crippen molar-refractivity contribution in [2.45, 2.75) is 13.3 Å².